The van der Waals surface area contributed by atoms with Crippen LogP contribution < -0.4 is 10.1 Å². The first-order chi connectivity index (χ1) is 7.51. The van der Waals surface area contributed by atoms with Crippen molar-refractivity contribution < 1.29 is 17.9 Å². The highest BCUT2D eigenvalue weighted by Crippen LogP contribution is 2.18. The average molecular weight is 234 g/mol. The summed E-state index contributed by atoms with van der Waals surface area (Å²) in [6.07, 6.45) is -3.36. The number of nitrogens with one attached hydrogen (secondary N) is 1. The van der Waals surface area contributed by atoms with E-state index in [1.807, 2.05) is 0 Å². The fraction of sp³-hybridized carbons (Fsp3) is 0.500. The van der Waals surface area contributed by atoms with Crippen LogP contribution in [-0.2, 0) is 6.54 Å². The van der Waals surface area contributed by atoms with E-state index >= 15 is 0 Å². The van der Waals surface area contributed by atoms with Crippen molar-refractivity contribution in [1.29, 1.82) is 0 Å². The summed E-state index contributed by atoms with van der Waals surface area (Å²) in [4.78, 5) is 3.94. The van der Waals surface area contributed by atoms with Crippen LogP contribution >= 0.6 is 0 Å². The minimum atomic E-state index is -4.11. The van der Waals surface area contributed by atoms with E-state index in [0.717, 1.165) is 5.56 Å². The van der Waals surface area contributed by atoms with Crippen molar-refractivity contribution >= 4 is 0 Å². The number of ether oxygens (including phenoxy) is 1. The average Bonchev–Trinajstić information content (AvgIpc) is 2.24. The molecule has 0 aliphatic rings. The van der Waals surface area contributed by atoms with Crippen molar-refractivity contribution in [3.05, 3.63) is 23.9 Å². The Hall–Kier alpha value is -1.30. The number of rotatable bonds is 5. The van der Waals surface area contributed by atoms with Crippen LogP contribution in [0.25, 0.3) is 0 Å². The van der Waals surface area contributed by atoms with Crippen molar-refractivity contribution in [3.8, 4) is 5.88 Å². The zero-order valence-electron chi connectivity index (χ0n) is 8.84. The number of pyridine rings is 1. The third-order valence-electron chi connectivity index (χ3n) is 1.92. The maximum Gasteiger partial charge on any atom is 0.390 e. The van der Waals surface area contributed by atoms with Crippen molar-refractivity contribution in [1.82, 2.24) is 10.3 Å². The summed E-state index contributed by atoms with van der Waals surface area (Å²) < 4.78 is 40.3. The summed E-state index contributed by atoms with van der Waals surface area (Å²) in [6.45, 7) is 0.280. The molecule has 1 heterocycles. The van der Waals surface area contributed by atoms with E-state index in [9.17, 15) is 13.2 Å². The Labute approximate surface area is 91.6 Å². The molecule has 0 spiro atoms. The summed E-state index contributed by atoms with van der Waals surface area (Å²) in [6, 6.07) is 3.42. The second kappa shape index (κ2) is 5.69. The normalized spacial score (nSPS) is 11.5. The van der Waals surface area contributed by atoms with Crippen LogP contribution in [0.2, 0.25) is 0 Å². The number of alkyl halides is 3. The Morgan fingerprint density at radius 2 is 2.12 bits per heavy atom. The molecular formula is C10H13F3N2O. The van der Waals surface area contributed by atoms with Crippen molar-refractivity contribution in [2.75, 3.05) is 13.7 Å². The van der Waals surface area contributed by atoms with Gasteiger partial charge in [-0.25, -0.2) is 4.98 Å². The molecule has 0 aliphatic carbocycles. The van der Waals surface area contributed by atoms with Crippen molar-refractivity contribution in [2.45, 2.75) is 19.1 Å². The monoisotopic (exact) mass is 234 g/mol. The first kappa shape index (κ1) is 12.8. The molecule has 0 aliphatic heterocycles. The van der Waals surface area contributed by atoms with Crippen molar-refractivity contribution in [3.63, 3.8) is 0 Å². The fourth-order valence-corrected chi connectivity index (χ4v) is 1.10. The molecular weight excluding hydrogens is 221 g/mol. The summed E-state index contributed by atoms with van der Waals surface area (Å²) in [5.74, 6) is 0.485. The van der Waals surface area contributed by atoms with Gasteiger partial charge in [0.2, 0.25) is 5.88 Å². The molecule has 0 saturated carbocycles. The van der Waals surface area contributed by atoms with Gasteiger partial charge in [0.25, 0.3) is 0 Å². The van der Waals surface area contributed by atoms with Gasteiger partial charge >= 0.3 is 6.18 Å². The Bertz CT molecular complexity index is 311. The molecule has 1 aromatic rings. The van der Waals surface area contributed by atoms with Crippen LogP contribution in [0.5, 0.6) is 5.88 Å². The molecule has 90 valence electrons. The van der Waals surface area contributed by atoms with Gasteiger partial charge in [0.1, 0.15) is 0 Å². The Kier molecular flexibility index (Phi) is 4.54. The smallest absolute Gasteiger partial charge is 0.390 e. The van der Waals surface area contributed by atoms with Gasteiger partial charge in [-0.05, 0) is 5.56 Å². The quantitative estimate of drug-likeness (QED) is 0.792. The van der Waals surface area contributed by atoms with Gasteiger partial charge in [0.05, 0.1) is 13.5 Å². The largest absolute Gasteiger partial charge is 0.481 e. The molecule has 3 nitrogen and oxygen atoms in total. The summed E-state index contributed by atoms with van der Waals surface area (Å²) >= 11 is 0. The molecule has 1 N–H and O–H groups in total. The van der Waals surface area contributed by atoms with Crippen molar-refractivity contribution in [2.24, 2.45) is 0 Å². The zero-order chi connectivity index (χ0) is 12.0. The topological polar surface area (TPSA) is 34.1 Å². The van der Waals surface area contributed by atoms with Gasteiger partial charge in [-0.3, -0.25) is 0 Å². The number of methoxy groups -OCH3 is 1. The first-order valence-corrected chi connectivity index (χ1v) is 4.77. The summed E-state index contributed by atoms with van der Waals surface area (Å²) in [5.41, 5.74) is 0.822. The Morgan fingerprint density at radius 3 is 2.62 bits per heavy atom. The third-order valence-corrected chi connectivity index (χ3v) is 1.92. The molecule has 0 aromatic carbocycles. The summed E-state index contributed by atoms with van der Waals surface area (Å²) in [7, 11) is 1.50. The first-order valence-electron chi connectivity index (χ1n) is 4.77. The number of aromatic nitrogens is 1. The van der Waals surface area contributed by atoms with E-state index in [1.165, 1.54) is 7.11 Å². The Morgan fingerprint density at radius 1 is 1.38 bits per heavy atom. The molecule has 16 heavy (non-hydrogen) atoms. The zero-order valence-corrected chi connectivity index (χ0v) is 8.84. The Balaban J connectivity index is 2.27. The lowest BCUT2D eigenvalue weighted by Gasteiger charge is -2.07. The van der Waals surface area contributed by atoms with Gasteiger partial charge in [-0.1, -0.05) is 6.07 Å². The molecule has 0 saturated heterocycles. The highest BCUT2D eigenvalue weighted by Gasteiger charge is 2.25. The standard InChI is InChI=1S/C10H13F3N2O/c1-16-9-3-2-8(7-15-9)6-14-5-4-10(11,12)13/h2-3,7,14H,4-6H2,1H3. The molecule has 0 atom stereocenters. The van der Waals surface area contributed by atoms with Gasteiger partial charge in [0, 0.05) is 25.4 Å². The van der Waals surface area contributed by atoms with E-state index < -0.39 is 12.6 Å². The number of nitrogens with zero attached hydrogens (tertiary/aromatic N) is 1. The number of hydrogen-bond acceptors (Lipinski definition) is 3. The fourth-order valence-electron chi connectivity index (χ4n) is 1.10. The predicted molar refractivity (Wildman–Crippen MR) is 53.2 cm³/mol. The third kappa shape index (κ3) is 4.97. The van der Waals surface area contributed by atoms with Crippen LogP contribution in [0.15, 0.2) is 18.3 Å². The molecule has 0 fully saturated rings. The van der Waals surface area contributed by atoms with Gasteiger partial charge in [-0.15, -0.1) is 0 Å². The number of hydrogen-bond donors (Lipinski definition) is 1. The van der Waals surface area contributed by atoms with Gasteiger partial charge in [0.15, 0.2) is 0 Å². The summed E-state index contributed by atoms with van der Waals surface area (Å²) in [5, 5.41) is 2.69. The molecule has 0 amide bonds. The van der Waals surface area contributed by atoms with Crippen LogP contribution in [-0.4, -0.2) is 24.8 Å². The van der Waals surface area contributed by atoms with Gasteiger partial charge in [-0.2, -0.15) is 13.2 Å². The van der Waals surface area contributed by atoms with Crippen LogP contribution in [0.4, 0.5) is 13.2 Å². The highest BCUT2D eigenvalue weighted by atomic mass is 19.4. The van der Waals surface area contributed by atoms with E-state index in [0.29, 0.717) is 12.4 Å². The minimum Gasteiger partial charge on any atom is -0.481 e. The minimum absolute atomic E-state index is 0.0878. The lowest BCUT2D eigenvalue weighted by molar-refractivity contribution is -0.133. The van der Waals surface area contributed by atoms with E-state index in [2.05, 4.69) is 10.3 Å². The lowest BCUT2D eigenvalue weighted by Crippen LogP contribution is -2.21. The highest BCUT2D eigenvalue weighted by molar-refractivity contribution is 5.17. The van der Waals surface area contributed by atoms with Crippen LogP contribution in [0.3, 0.4) is 0 Å². The van der Waals surface area contributed by atoms with Crippen LogP contribution in [0, 0.1) is 0 Å². The molecule has 0 radical (unpaired) electrons. The molecule has 1 aromatic heterocycles. The second-order valence-corrected chi connectivity index (χ2v) is 3.25. The van der Waals surface area contributed by atoms with Gasteiger partial charge < -0.3 is 10.1 Å². The van der Waals surface area contributed by atoms with Crippen LogP contribution in [0.1, 0.15) is 12.0 Å². The second-order valence-electron chi connectivity index (χ2n) is 3.25. The molecule has 1 rings (SSSR count). The van der Waals surface area contributed by atoms with E-state index in [1.54, 1.807) is 18.3 Å². The maximum atomic E-state index is 11.8. The van der Waals surface area contributed by atoms with E-state index in [4.69, 9.17) is 4.74 Å². The molecule has 0 unspecified atom stereocenters. The molecule has 6 heteroatoms. The predicted octanol–water partition coefficient (Wildman–Crippen LogP) is 2.13. The number of halogens is 3. The van der Waals surface area contributed by atoms with E-state index in [-0.39, 0.29) is 6.54 Å². The maximum absolute atomic E-state index is 11.8. The SMILES string of the molecule is COc1ccc(CNCCC(F)(F)F)cn1. The molecule has 0 bridgehead atoms. The lowest BCUT2D eigenvalue weighted by atomic mass is 10.3.